The Morgan fingerprint density at radius 1 is 1.43 bits per heavy atom. The normalized spacial score (nSPS) is 14.7. The van der Waals surface area contributed by atoms with Crippen molar-refractivity contribution in [3.63, 3.8) is 0 Å². The van der Waals surface area contributed by atoms with E-state index < -0.39 is 17.3 Å². The maximum absolute atomic E-state index is 14.3. The molecule has 1 fully saturated rings. The van der Waals surface area contributed by atoms with Crippen LogP contribution in [0.4, 0.5) is 10.2 Å². The molecule has 7 heteroatoms. The predicted molar refractivity (Wildman–Crippen MR) is 72.4 cm³/mol. The Hall–Kier alpha value is -2.54. The summed E-state index contributed by atoms with van der Waals surface area (Å²) in [7, 11) is 0. The van der Waals surface area contributed by atoms with Crippen LogP contribution < -0.4 is 5.73 Å². The van der Waals surface area contributed by atoms with Crippen molar-refractivity contribution in [3.8, 4) is 11.3 Å². The number of hydrogen-bond acceptors (Lipinski definition) is 5. The molecule has 0 unspecified atom stereocenters. The molecule has 1 aliphatic heterocycles. The fourth-order valence-electron chi connectivity index (χ4n) is 2.09. The van der Waals surface area contributed by atoms with Crippen LogP contribution in [-0.2, 0) is 4.74 Å². The summed E-state index contributed by atoms with van der Waals surface area (Å²) in [6.45, 7) is 1.07. The number of carbonyl (C=O) groups is 1. The molecular weight excluding hydrogens is 277 g/mol. The summed E-state index contributed by atoms with van der Waals surface area (Å²) >= 11 is 0. The molecule has 0 amide bonds. The quantitative estimate of drug-likeness (QED) is 0.892. The van der Waals surface area contributed by atoms with Gasteiger partial charge >= 0.3 is 5.97 Å². The highest BCUT2D eigenvalue weighted by atomic mass is 19.1. The second kappa shape index (κ2) is 5.10. The summed E-state index contributed by atoms with van der Waals surface area (Å²) in [6, 6.07) is 4.07. The Labute approximate surface area is 119 Å². The SMILES string of the molecule is Nc1ncc(C2COC2)nc1-c1cccc(C(=O)O)c1F. The average Bonchev–Trinajstić information content (AvgIpc) is 2.39. The molecule has 1 saturated heterocycles. The molecule has 3 rings (SSSR count). The molecule has 21 heavy (non-hydrogen) atoms. The van der Waals surface area contributed by atoms with Crippen LogP contribution in [0.2, 0.25) is 0 Å². The van der Waals surface area contributed by atoms with Gasteiger partial charge in [0, 0.05) is 11.5 Å². The number of carboxylic acid groups (broad SMARTS) is 1. The highest BCUT2D eigenvalue weighted by Gasteiger charge is 2.24. The van der Waals surface area contributed by atoms with E-state index in [9.17, 15) is 9.18 Å². The molecule has 6 nitrogen and oxygen atoms in total. The number of carboxylic acids is 1. The van der Waals surface area contributed by atoms with Crippen molar-refractivity contribution in [1.82, 2.24) is 9.97 Å². The molecule has 0 aliphatic carbocycles. The standard InChI is InChI=1S/C14H12FN3O3/c15-11-8(2-1-3-9(11)14(19)20)12-13(16)17-4-10(18-12)7-5-21-6-7/h1-4,7H,5-6H2,(H2,16,17)(H,19,20). The van der Waals surface area contributed by atoms with Crippen molar-refractivity contribution in [3.05, 3.63) is 41.5 Å². The van der Waals surface area contributed by atoms with Crippen LogP contribution >= 0.6 is 0 Å². The Morgan fingerprint density at radius 3 is 2.81 bits per heavy atom. The van der Waals surface area contributed by atoms with Gasteiger partial charge in [0.2, 0.25) is 0 Å². The molecule has 2 aromatic rings. The summed E-state index contributed by atoms with van der Waals surface area (Å²) in [4.78, 5) is 19.3. The molecule has 2 heterocycles. The van der Waals surface area contributed by atoms with Crippen LogP contribution in [0, 0.1) is 5.82 Å². The number of aromatic nitrogens is 2. The molecular formula is C14H12FN3O3. The Balaban J connectivity index is 2.11. The maximum atomic E-state index is 14.3. The van der Waals surface area contributed by atoms with Gasteiger partial charge in [-0.3, -0.25) is 0 Å². The Kier molecular flexibility index (Phi) is 3.26. The van der Waals surface area contributed by atoms with Crippen molar-refractivity contribution < 1.29 is 19.0 Å². The van der Waals surface area contributed by atoms with Crippen LogP contribution in [0.3, 0.4) is 0 Å². The van der Waals surface area contributed by atoms with Gasteiger partial charge in [-0.2, -0.15) is 0 Å². The zero-order valence-corrected chi connectivity index (χ0v) is 10.9. The lowest BCUT2D eigenvalue weighted by Gasteiger charge is -2.25. The number of rotatable bonds is 3. The van der Waals surface area contributed by atoms with Crippen LogP contribution in [0.5, 0.6) is 0 Å². The number of nitrogen functional groups attached to an aromatic ring is 1. The van der Waals surface area contributed by atoms with Gasteiger partial charge in [0.25, 0.3) is 0 Å². The molecule has 0 spiro atoms. The Morgan fingerprint density at radius 2 is 2.19 bits per heavy atom. The highest BCUT2D eigenvalue weighted by molar-refractivity contribution is 5.90. The summed E-state index contributed by atoms with van der Waals surface area (Å²) in [5.41, 5.74) is 6.17. The molecule has 1 aliphatic rings. The van der Waals surface area contributed by atoms with E-state index in [1.54, 1.807) is 0 Å². The second-order valence-electron chi connectivity index (χ2n) is 4.74. The van der Waals surface area contributed by atoms with E-state index in [0.29, 0.717) is 18.9 Å². The average molecular weight is 289 g/mol. The van der Waals surface area contributed by atoms with Gasteiger partial charge in [0.15, 0.2) is 0 Å². The van der Waals surface area contributed by atoms with Crippen LogP contribution in [0.25, 0.3) is 11.3 Å². The van der Waals surface area contributed by atoms with E-state index in [0.717, 1.165) is 0 Å². The van der Waals surface area contributed by atoms with Gasteiger partial charge < -0.3 is 15.6 Å². The minimum absolute atomic E-state index is 0.0296. The Bertz CT molecular complexity index is 717. The highest BCUT2D eigenvalue weighted by Crippen LogP contribution is 2.30. The predicted octanol–water partition coefficient (Wildman–Crippen LogP) is 1.68. The fraction of sp³-hybridized carbons (Fsp3) is 0.214. The van der Waals surface area contributed by atoms with E-state index in [4.69, 9.17) is 15.6 Å². The van der Waals surface area contributed by atoms with Crippen molar-refractivity contribution >= 4 is 11.8 Å². The van der Waals surface area contributed by atoms with Crippen molar-refractivity contribution in [2.45, 2.75) is 5.92 Å². The number of aromatic carboxylic acids is 1. The van der Waals surface area contributed by atoms with Gasteiger partial charge in [-0.05, 0) is 12.1 Å². The van der Waals surface area contributed by atoms with E-state index in [1.165, 1.54) is 24.4 Å². The first kappa shape index (κ1) is 13.4. The maximum Gasteiger partial charge on any atom is 0.338 e. The number of nitrogens with two attached hydrogens (primary N) is 1. The second-order valence-corrected chi connectivity index (χ2v) is 4.74. The van der Waals surface area contributed by atoms with E-state index in [-0.39, 0.29) is 23.0 Å². The topological polar surface area (TPSA) is 98.3 Å². The number of nitrogens with zero attached hydrogens (tertiary/aromatic N) is 2. The van der Waals surface area contributed by atoms with Crippen molar-refractivity contribution in [2.75, 3.05) is 18.9 Å². The summed E-state index contributed by atoms with van der Waals surface area (Å²) < 4.78 is 19.4. The number of hydrogen-bond donors (Lipinski definition) is 2. The molecule has 1 aromatic heterocycles. The van der Waals surface area contributed by atoms with Crippen LogP contribution in [0.1, 0.15) is 22.0 Å². The summed E-state index contributed by atoms with van der Waals surface area (Å²) in [5.74, 6) is -2.04. The van der Waals surface area contributed by atoms with Crippen molar-refractivity contribution in [1.29, 1.82) is 0 Å². The number of ether oxygens (including phenoxy) is 1. The molecule has 1 aromatic carbocycles. The number of benzene rings is 1. The largest absolute Gasteiger partial charge is 0.478 e. The molecule has 0 radical (unpaired) electrons. The van der Waals surface area contributed by atoms with E-state index in [1.807, 2.05) is 0 Å². The zero-order chi connectivity index (χ0) is 15.0. The third kappa shape index (κ3) is 2.31. The van der Waals surface area contributed by atoms with Gasteiger partial charge in [-0.15, -0.1) is 0 Å². The molecule has 108 valence electrons. The first-order valence-corrected chi connectivity index (χ1v) is 6.30. The van der Waals surface area contributed by atoms with Gasteiger partial charge in [-0.25, -0.2) is 19.2 Å². The minimum atomic E-state index is -1.34. The summed E-state index contributed by atoms with van der Waals surface area (Å²) in [5, 5.41) is 8.97. The summed E-state index contributed by atoms with van der Waals surface area (Å²) in [6.07, 6.45) is 1.53. The van der Waals surface area contributed by atoms with E-state index in [2.05, 4.69) is 9.97 Å². The van der Waals surface area contributed by atoms with Gasteiger partial charge in [-0.1, -0.05) is 6.07 Å². The fourth-order valence-corrected chi connectivity index (χ4v) is 2.09. The smallest absolute Gasteiger partial charge is 0.338 e. The molecule has 0 bridgehead atoms. The lowest BCUT2D eigenvalue weighted by atomic mass is 10.0. The monoisotopic (exact) mass is 289 g/mol. The first-order chi connectivity index (χ1) is 10.1. The third-order valence-corrected chi connectivity index (χ3v) is 3.36. The van der Waals surface area contributed by atoms with Crippen LogP contribution in [0.15, 0.2) is 24.4 Å². The van der Waals surface area contributed by atoms with E-state index >= 15 is 0 Å². The lowest BCUT2D eigenvalue weighted by molar-refractivity contribution is 0.00662. The number of anilines is 1. The van der Waals surface area contributed by atoms with Gasteiger partial charge in [0.1, 0.15) is 17.3 Å². The van der Waals surface area contributed by atoms with Crippen molar-refractivity contribution in [2.24, 2.45) is 0 Å². The third-order valence-electron chi connectivity index (χ3n) is 3.36. The first-order valence-electron chi connectivity index (χ1n) is 6.30. The van der Waals surface area contributed by atoms with Crippen LogP contribution in [-0.4, -0.2) is 34.3 Å². The molecule has 0 saturated carbocycles. The van der Waals surface area contributed by atoms with Gasteiger partial charge in [0.05, 0.1) is 30.7 Å². The lowest BCUT2D eigenvalue weighted by Crippen LogP contribution is -2.26. The molecule has 0 atom stereocenters. The zero-order valence-electron chi connectivity index (χ0n) is 10.9. The number of halogens is 1. The minimum Gasteiger partial charge on any atom is -0.478 e. The molecule has 3 N–H and O–H groups in total.